The molecule has 2 aromatic rings. The van der Waals surface area contributed by atoms with Crippen molar-refractivity contribution in [3.63, 3.8) is 0 Å². The first-order chi connectivity index (χ1) is 9.75. The Bertz CT molecular complexity index is 593. The Morgan fingerprint density at radius 3 is 3.00 bits per heavy atom. The van der Waals surface area contributed by atoms with Gasteiger partial charge in [0.2, 0.25) is 0 Å². The maximum atomic E-state index is 9.74. The zero-order valence-electron chi connectivity index (χ0n) is 11.6. The Morgan fingerprint density at radius 1 is 1.30 bits per heavy atom. The van der Waals surface area contributed by atoms with E-state index in [4.69, 9.17) is 4.74 Å². The number of benzene rings is 1. The number of hydrogen-bond donors (Lipinski definition) is 1. The molecule has 1 aliphatic heterocycles. The third-order valence-electron chi connectivity index (χ3n) is 3.66. The zero-order valence-corrected chi connectivity index (χ0v) is 11.6. The molecule has 106 valence electrons. The first kappa shape index (κ1) is 13.1. The van der Waals surface area contributed by atoms with Crippen LogP contribution in [0.3, 0.4) is 0 Å². The van der Waals surface area contributed by atoms with Crippen LogP contribution in [-0.2, 0) is 19.6 Å². The van der Waals surface area contributed by atoms with Crippen molar-refractivity contribution in [1.82, 2.24) is 14.8 Å². The van der Waals surface area contributed by atoms with Crippen molar-refractivity contribution in [2.75, 3.05) is 0 Å². The lowest BCUT2D eigenvalue weighted by Crippen LogP contribution is -2.14. The monoisotopic (exact) mass is 273 g/mol. The van der Waals surface area contributed by atoms with Gasteiger partial charge in [-0.3, -0.25) is 0 Å². The van der Waals surface area contributed by atoms with Gasteiger partial charge in [0.1, 0.15) is 18.2 Å². The number of para-hydroxylation sites is 1. The van der Waals surface area contributed by atoms with E-state index in [9.17, 15) is 5.11 Å². The van der Waals surface area contributed by atoms with Gasteiger partial charge in [-0.15, -0.1) is 10.2 Å². The molecule has 1 aromatic heterocycles. The van der Waals surface area contributed by atoms with Crippen LogP contribution in [0.25, 0.3) is 0 Å². The number of ether oxygens (including phenoxy) is 1. The Balaban J connectivity index is 1.75. The molecule has 1 aliphatic rings. The normalized spacial score (nSPS) is 15.7. The Hall–Kier alpha value is -1.88. The fraction of sp³-hybridized carbons (Fsp3) is 0.467. The summed E-state index contributed by atoms with van der Waals surface area (Å²) in [4.78, 5) is 0. The Kier molecular flexibility index (Phi) is 3.69. The molecule has 0 spiro atoms. The van der Waals surface area contributed by atoms with Crippen LogP contribution >= 0.6 is 0 Å². The van der Waals surface area contributed by atoms with Gasteiger partial charge >= 0.3 is 0 Å². The highest BCUT2D eigenvalue weighted by molar-refractivity contribution is 5.34. The number of fused-ring (bicyclic) bond motifs is 1. The first-order valence-corrected chi connectivity index (χ1v) is 7.06. The minimum atomic E-state index is -0.543. The van der Waals surface area contributed by atoms with Crippen molar-refractivity contribution in [1.29, 1.82) is 0 Å². The van der Waals surface area contributed by atoms with E-state index >= 15 is 0 Å². The molecule has 1 N–H and O–H groups in total. The lowest BCUT2D eigenvalue weighted by molar-refractivity contribution is 0.189. The van der Waals surface area contributed by atoms with Crippen LogP contribution in [0, 0.1) is 0 Å². The fourth-order valence-electron chi connectivity index (χ4n) is 2.57. The van der Waals surface area contributed by atoms with Gasteiger partial charge in [0.15, 0.2) is 5.82 Å². The van der Waals surface area contributed by atoms with Crippen molar-refractivity contribution in [2.45, 2.75) is 45.4 Å². The minimum Gasteiger partial charge on any atom is -0.485 e. The van der Waals surface area contributed by atoms with Gasteiger partial charge in [-0.25, -0.2) is 0 Å². The summed E-state index contributed by atoms with van der Waals surface area (Å²) in [6.45, 7) is 3.09. The van der Waals surface area contributed by atoms with Crippen LogP contribution in [-0.4, -0.2) is 19.9 Å². The third-order valence-corrected chi connectivity index (χ3v) is 3.66. The molecule has 0 bridgehead atoms. The maximum absolute atomic E-state index is 9.74. The average Bonchev–Trinajstić information content (AvgIpc) is 2.88. The highest BCUT2D eigenvalue weighted by atomic mass is 16.5. The van der Waals surface area contributed by atoms with E-state index in [0.29, 0.717) is 12.4 Å². The van der Waals surface area contributed by atoms with Crippen molar-refractivity contribution in [2.24, 2.45) is 0 Å². The van der Waals surface area contributed by atoms with Crippen molar-refractivity contribution < 1.29 is 9.84 Å². The van der Waals surface area contributed by atoms with E-state index in [1.807, 2.05) is 24.3 Å². The molecule has 0 aliphatic carbocycles. The van der Waals surface area contributed by atoms with Gasteiger partial charge in [-0.1, -0.05) is 18.2 Å². The van der Waals surface area contributed by atoms with Gasteiger partial charge < -0.3 is 14.4 Å². The van der Waals surface area contributed by atoms with Crippen LogP contribution < -0.4 is 4.74 Å². The summed E-state index contributed by atoms with van der Waals surface area (Å²) in [5.41, 5.74) is 0.797. The number of aryl methyl sites for hydroxylation is 1. The second-order valence-electron chi connectivity index (χ2n) is 5.14. The molecule has 3 rings (SSSR count). The summed E-state index contributed by atoms with van der Waals surface area (Å²) in [5.74, 6) is 2.62. The average molecular weight is 273 g/mol. The Morgan fingerprint density at radius 2 is 2.15 bits per heavy atom. The summed E-state index contributed by atoms with van der Waals surface area (Å²) in [7, 11) is 0. The SMILES string of the molecule is CC(O)c1ccccc1OCc1nnc2n1CCCC2. The van der Waals surface area contributed by atoms with Crippen LogP contribution in [0.5, 0.6) is 5.75 Å². The number of nitrogens with zero attached hydrogens (tertiary/aromatic N) is 3. The second kappa shape index (κ2) is 5.63. The standard InChI is InChI=1S/C15H19N3O2/c1-11(19)12-6-2-3-7-13(12)20-10-15-17-16-14-8-4-5-9-18(14)15/h2-3,6-7,11,19H,4-5,8-10H2,1H3. The summed E-state index contributed by atoms with van der Waals surface area (Å²) in [6, 6.07) is 7.54. The lowest BCUT2D eigenvalue weighted by atomic mass is 10.1. The highest BCUT2D eigenvalue weighted by Crippen LogP contribution is 2.25. The third kappa shape index (κ3) is 2.54. The van der Waals surface area contributed by atoms with E-state index < -0.39 is 6.10 Å². The largest absolute Gasteiger partial charge is 0.485 e. The molecule has 1 unspecified atom stereocenters. The number of rotatable bonds is 4. The summed E-state index contributed by atoms with van der Waals surface area (Å²) >= 11 is 0. The van der Waals surface area contributed by atoms with E-state index in [1.54, 1.807) is 6.92 Å². The smallest absolute Gasteiger partial charge is 0.171 e. The van der Waals surface area contributed by atoms with Gasteiger partial charge in [0.25, 0.3) is 0 Å². The fourth-order valence-corrected chi connectivity index (χ4v) is 2.57. The van der Waals surface area contributed by atoms with Crippen molar-refractivity contribution >= 4 is 0 Å². The Labute approximate surface area is 118 Å². The molecule has 0 saturated heterocycles. The van der Waals surface area contributed by atoms with Crippen LogP contribution in [0.4, 0.5) is 0 Å². The van der Waals surface area contributed by atoms with E-state index in [-0.39, 0.29) is 0 Å². The molecule has 5 heteroatoms. The molecule has 1 atom stereocenters. The molecule has 1 aromatic carbocycles. The molecule has 2 heterocycles. The van der Waals surface area contributed by atoms with Gasteiger partial charge in [0.05, 0.1) is 6.10 Å². The molecular weight excluding hydrogens is 254 g/mol. The molecule has 5 nitrogen and oxygen atoms in total. The highest BCUT2D eigenvalue weighted by Gasteiger charge is 2.16. The second-order valence-corrected chi connectivity index (χ2v) is 5.14. The lowest BCUT2D eigenvalue weighted by Gasteiger charge is -2.16. The summed E-state index contributed by atoms with van der Waals surface area (Å²) in [6.07, 6.45) is 2.81. The van der Waals surface area contributed by atoms with Crippen molar-refractivity contribution in [3.8, 4) is 5.75 Å². The molecular formula is C15H19N3O2. The van der Waals surface area contributed by atoms with Crippen LogP contribution in [0.2, 0.25) is 0 Å². The molecule has 0 amide bonds. The minimum absolute atomic E-state index is 0.386. The molecule has 0 saturated carbocycles. The predicted molar refractivity (Wildman–Crippen MR) is 74.4 cm³/mol. The van der Waals surface area contributed by atoms with Crippen LogP contribution in [0.1, 0.15) is 43.1 Å². The quantitative estimate of drug-likeness (QED) is 0.928. The zero-order chi connectivity index (χ0) is 13.9. The summed E-state index contributed by atoms with van der Waals surface area (Å²) < 4.78 is 7.97. The number of aliphatic hydroxyl groups is 1. The predicted octanol–water partition coefficient (Wildman–Crippen LogP) is 2.25. The summed E-state index contributed by atoms with van der Waals surface area (Å²) in [5, 5.41) is 18.2. The number of aromatic nitrogens is 3. The topological polar surface area (TPSA) is 60.2 Å². The van der Waals surface area contributed by atoms with Gasteiger partial charge in [-0.2, -0.15) is 0 Å². The molecule has 0 radical (unpaired) electrons. The van der Waals surface area contributed by atoms with Crippen LogP contribution in [0.15, 0.2) is 24.3 Å². The van der Waals surface area contributed by atoms with Gasteiger partial charge in [0, 0.05) is 18.5 Å². The van der Waals surface area contributed by atoms with Gasteiger partial charge in [-0.05, 0) is 25.8 Å². The first-order valence-electron chi connectivity index (χ1n) is 7.06. The van der Waals surface area contributed by atoms with E-state index in [0.717, 1.165) is 30.2 Å². The van der Waals surface area contributed by atoms with E-state index in [1.165, 1.54) is 12.8 Å². The maximum Gasteiger partial charge on any atom is 0.171 e. The van der Waals surface area contributed by atoms with Crippen molar-refractivity contribution in [3.05, 3.63) is 41.5 Å². The van der Waals surface area contributed by atoms with E-state index in [2.05, 4.69) is 14.8 Å². The molecule has 20 heavy (non-hydrogen) atoms. The number of hydrogen-bond acceptors (Lipinski definition) is 4. The molecule has 0 fully saturated rings. The number of aliphatic hydroxyl groups excluding tert-OH is 1.